The van der Waals surface area contributed by atoms with Crippen LogP contribution in [0.25, 0.3) is 0 Å². The van der Waals surface area contributed by atoms with Gasteiger partial charge in [0.25, 0.3) is 5.92 Å². The van der Waals surface area contributed by atoms with Crippen LogP contribution < -0.4 is 5.32 Å². The minimum absolute atomic E-state index is 0.348. The number of rotatable bonds is 3. The lowest BCUT2D eigenvalue weighted by Gasteiger charge is -2.10. The van der Waals surface area contributed by atoms with Crippen molar-refractivity contribution in [2.75, 3.05) is 5.32 Å². The van der Waals surface area contributed by atoms with Gasteiger partial charge < -0.3 is 5.32 Å². The fraction of sp³-hybridized carbons (Fsp3) is 0.714. The molecule has 2 fully saturated rings. The number of carbonyl (C=O) groups is 1. The van der Waals surface area contributed by atoms with E-state index in [1.807, 2.05) is 0 Å². The van der Waals surface area contributed by atoms with Gasteiger partial charge in [0, 0.05) is 24.1 Å². The van der Waals surface area contributed by atoms with Crippen LogP contribution in [-0.2, 0) is 4.79 Å². The maximum Gasteiger partial charge on any atom is 0.260 e. The Labute approximate surface area is 116 Å². The summed E-state index contributed by atoms with van der Waals surface area (Å²) < 4.78 is 25.6. The molecule has 1 aromatic heterocycles. The number of nitrogens with zero attached hydrogens (tertiary/aromatic N) is 1. The van der Waals surface area contributed by atoms with Gasteiger partial charge in [-0.05, 0) is 12.8 Å². The summed E-state index contributed by atoms with van der Waals surface area (Å²) in [5.41, 5.74) is 1.00. The van der Waals surface area contributed by atoms with Crippen LogP contribution in [0.3, 0.4) is 0 Å². The molecule has 3 rings (SSSR count). The molecule has 1 aromatic rings. The summed E-state index contributed by atoms with van der Waals surface area (Å²) in [6.45, 7) is 0. The van der Waals surface area contributed by atoms with Gasteiger partial charge in [-0.2, -0.15) is 5.10 Å². The van der Waals surface area contributed by atoms with Crippen LogP contribution in [0.2, 0.25) is 0 Å². The molecule has 1 unspecified atom stereocenters. The van der Waals surface area contributed by atoms with E-state index in [9.17, 15) is 13.6 Å². The Kier molecular flexibility index (Phi) is 3.48. The molecule has 0 radical (unpaired) electrons. The predicted molar refractivity (Wildman–Crippen MR) is 70.7 cm³/mol. The summed E-state index contributed by atoms with van der Waals surface area (Å²) in [6.07, 6.45) is 6.85. The Morgan fingerprint density at radius 2 is 1.95 bits per heavy atom. The third kappa shape index (κ3) is 2.83. The number of carbonyl (C=O) groups excluding carboxylic acids is 1. The van der Waals surface area contributed by atoms with Gasteiger partial charge >= 0.3 is 0 Å². The van der Waals surface area contributed by atoms with Gasteiger partial charge in [0.05, 0.1) is 0 Å². The zero-order valence-electron chi connectivity index (χ0n) is 11.3. The second-order valence-corrected chi connectivity index (χ2v) is 5.90. The first-order valence-electron chi connectivity index (χ1n) is 7.30. The maximum absolute atomic E-state index is 12.8. The fourth-order valence-electron chi connectivity index (χ4n) is 2.91. The highest BCUT2D eigenvalue weighted by molar-refractivity contribution is 5.94. The van der Waals surface area contributed by atoms with Gasteiger partial charge in [0.15, 0.2) is 5.82 Å². The van der Waals surface area contributed by atoms with Crippen LogP contribution in [0.1, 0.15) is 56.6 Å². The van der Waals surface area contributed by atoms with Gasteiger partial charge in [0.2, 0.25) is 5.91 Å². The summed E-state index contributed by atoms with van der Waals surface area (Å²) in [7, 11) is 0. The first-order valence-corrected chi connectivity index (χ1v) is 7.30. The highest BCUT2D eigenvalue weighted by Crippen LogP contribution is 2.49. The molecule has 0 saturated heterocycles. The molecule has 6 heteroatoms. The molecule has 2 N–H and O–H groups in total. The zero-order valence-corrected chi connectivity index (χ0v) is 11.3. The molecule has 1 heterocycles. The summed E-state index contributed by atoms with van der Waals surface area (Å²) in [5, 5.41) is 9.43. The Balaban J connectivity index is 1.60. The van der Waals surface area contributed by atoms with Crippen molar-refractivity contribution in [1.29, 1.82) is 0 Å². The maximum atomic E-state index is 12.8. The van der Waals surface area contributed by atoms with E-state index >= 15 is 0 Å². The predicted octanol–water partition coefficient (Wildman–Crippen LogP) is 3.44. The first kappa shape index (κ1) is 13.5. The molecule has 2 aliphatic rings. The Morgan fingerprint density at radius 3 is 2.55 bits per heavy atom. The molecule has 0 bridgehead atoms. The Morgan fingerprint density at radius 1 is 1.30 bits per heavy atom. The van der Waals surface area contributed by atoms with E-state index in [0.717, 1.165) is 18.5 Å². The molecule has 0 aromatic carbocycles. The average molecular weight is 283 g/mol. The van der Waals surface area contributed by atoms with Crippen LogP contribution in [0.4, 0.5) is 14.6 Å². The van der Waals surface area contributed by atoms with Crippen molar-refractivity contribution in [3.63, 3.8) is 0 Å². The van der Waals surface area contributed by atoms with E-state index in [1.54, 1.807) is 6.07 Å². The number of nitrogens with one attached hydrogen (secondary N) is 2. The SMILES string of the molecule is O=C(Nc1cc(C2CCCCCC2)[nH]n1)C1CC1(F)F. The van der Waals surface area contributed by atoms with E-state index in [4.69, 9.17) is 0 Å². The van der Waals surface area contributed by atoms with Crippen LogP contribution in [-0.4, -0.2) is 22.0 Å². The number of H-pyrrole nitrogens is 1. The number of halogens is 2. The number of anilines is 1. The lowest BCUT2D eigenvalue weighted by atomic mass is 9.97. The molecule has 110 valence electrons. The molecule has 4 nitrogen and oxygen atoms in total. The van der Waals surface area contributed by atoms with Gasteiger partial charge in [0.1, 0.15) is 5.92 Å². The number of aromatic amines is 1. The normalized spacial score (nSPS) is 26.0. The van der Waals surface area contributed by atoms with E-state index in [1.165, 1.54) is 25.7 Å². The lowest BCUT2D eigenvalue weighted by molar-refractivity contribution is -0.119. The number of aromatic nitrogens is 2. The fourth-order valence-corrected chi connectivity index (χ4v) is 2.91. The quantitative estimate of drug-likeness (QED) is 0.835. The topological polar surface area (TPSA) is 57.8 Å². The summed E-state index contributed by atoms with van der Waals surface area (Å²) >= 11 is 0. The average Bonchev–Trinajstić information content (AvgIpc) is 2.95. The third-order valence-corrected chi connectivity index (χ3v) is 4.29. The number of alkyl halides is 2. The molecule has 20 heavy (non-hydrogen) atoms. The first-order chi connectivity index (χ1) is 9.56. The van der Waals surface area contributed by atoms with E-state index in [0.29, 0.717) is 11.7 Å². The summed E-state index contributed by atoms with van der Waals surface area (Å²) in [6, 6.07) is 1.79. The summed E-state index contributed by atoms with van der Waals surface area (Å²) in [4.78, 5) is 11.6. The molecule has 1 atom stereocenters. The Hall–Kier alpha value is -1.46. The largest absolute Gasteiger partial charge is 0.309 e. The zero-order chi connectivity index (χ0) is 14.2. The monoisotopic (exact) mass is 283 g/mol. The second kappa shape index (κ2) is 5.14. The summed E-state index contributed by atoms with van der Waals surface area (Å²) in [5.74, 6) is -3.84. The third-order valence-electron chi connectivity index (χ3n) is 4.29. The smallest absolute Gasteiger partial charge is 0.260 e. The molecule has 0 aliphatic heterocycles. The van der Waals surface area contributed by atoms with Gasteiger partial charge in [-0.3, -0.25) is 9.89 Å². The molecule has 0 spiro atoms. The van der Waals surface area contributed by atoms with Crippen molar-refractivity contribution >= 4 is 11.7 Å². The minimum Gasteiger partial charge on any atom is -0.309 e. The highest BCUT2D eigenvalue weighted by Gasteiger charge is 2.61. The standard InChI is InChI=1S/C14H19F2N3O/c15-14(16)8-10(14)13(20)17-12-7-11(18-19-12)9-5-3-1-2-4-6-9/h7,9-10H,1-6,8H2,(H2,17,18,19,20). The van der Waals surface area contributed by atoms with Crippen LogP contribution >= 0.6 is 0 Å². The molecular weight excluding hydrogens is 264 g/mol. The molecule has 1 amide bonds. The van der Waals surface area contributed by atoms with Crippen molar-refractivity contribution in [2.24, 2.45) is 5.92 Å². The number of amides is 1. The van der Waals surface area contributed by atoms with Crippen LogP contribution in [0.5, 0.6) is 0 Å². The Bertz CT molecular complexity index is 492. The lowest BCUT2D eigenvalue weighted by Crippen LogP contribution is -2.17. The molecule has 2 aliphatic carbocycles. The van der Waals surface area contributed by atoms with Crippen molar-refractivity contribution in [3.05, 3.63) is 11.8 Å². The van der Waals surface area contributed by atoms with Crippen molar-refractivity contribution in [1.82, 2.24) is 10.2 Å². The van der Waals surface area contributed by atoms with Crippen molar-refractivity contribution in [2.45, 2.75) is 56.8 Å². The molecular formula is C14H19F2N3O. The van der Waals surface area contributed by atoms with Crippen molar-refractivity contribution < 1.29 is 13.6 Å². The number of hydrogen-bond acceptors (Lipinski definition) is 2. The van der Waals surface area contributed by atoms with Crippen molar-refractivity contribution in [3.8, 4) is 0 Å². The van der Waals surface area contributed by atoms with Crippen LogP contribution in [0.15, 0.2) is 6.07 Å². The van der Waals surface area contributed by atoms with E-state index in [2.05, 4.69) is 15.5 Å². The van der Waals surface area contributed by atoms with Crippen LogP contribution in [0, 0.1) is 5.92 Å². The number of hydrogen-bond donors (Lipinski definition) is 2. The van der Waals surface area contributed by atoms with E-state index < -0.39 is 17.7 Å². The van der Waals surface area contributed by atoms with Gasteiger partial charge in [-0.1, -0.05) is 25.7 Å². The van der Waals surface area contributed by atoms with E-state index in [-0.39, 0.29) is 6.42 Å². The van der Waals surface area contributed by atoms with Gasteiger partial charge in [-0.25, -0.2) is 8.78 Å². The second-order valence-electron chi connectivity index (χ2n) is 5.90. The highest BCUT2D eigenvalue weighted by atomic mass is 19.3. The minimum atomic E-state index is -2.83. The molecule has 2 saturated carbocycles. The van der Waals surface area contributed by atoms with Gasteiger partial charge in [-0.15, -0.1) is 0 Å².